The van der Waals surface area contributed by atoms with Crippen molar-refractivity contribution in [2.45, 2.75) is 20.4 Å². The average molecular weight is 378 g/mol. The van der Waals surface area contributed by atoms with Gasteiger partial charge >= 0.3 is 0 Å². The number of carbonyl (C=O) groups excluding carboxylic acids is 1. The molecule has 5 heteroatoms. The number of pyridine rings is 1. The van der Waals surface area contributed by atoms with Crippen molar-refractivity contribution in [2.24, 2.45) is 0 Å². The number of carbonyl (C=O) groups is 1. The Labute approximate surface area is 162 Å². The third kappa shape index (κ3) is 3.28. The molecule has 0 aliphatic rings. The fraction of sp³-hybridized carbons (Fsp3) is 0.182. The van der Waals surface area contributed by atoms with Gasteiger partial charge in [-0.1, -0.05) is 29.8 Å². The van der Waals surface area contributed by atoms with Gasteiger partial charge in [-0.3, -0.25) is 4.79 Å². The Hall–Kier alpha value is -2.85. The molecule has 0 saturated heterocycles. The number of para-hydroxylation sites is 1. The summed E-state index contributed by atoms with van der Waals surface area (Å²) < 4.78 is 2.19. The number of aryl methyl sites for hydroxylation is 2. The van der Waals surface area contributed by atoms with Crippen molar-refractivity contribution in [3.63, 3.8) is 0 Å². The number of rotatable bonds is 4. The third-order valence-corrected chi connectivity index (χ3v) is 5.02. The lowest BCUT2D eigenvalue weighted by Gasteiger charge is -2.09. The van der Waals surface area contributed by atoms with Crippen molar-refractivity contribution in [1.29, 1.82) is 0 Å². The first kappa shape index (κ1) is 17.6. The Morgan fingerprint density at radius 2 is 1.85 bits per heavy atom. The molecule has 0 radical (unpaired) electrons. The van der Waals surface area contributed by atoms with Crippen molar-refractivity contribution in [2.75, 3.05) is 6.54 Å². The van der Waals surface area contributed by atoms with Crippen LogP contribution in [-0.4, -0.2) is 22.0 Å². The van der Waals surface area contributed by atoms with E-state index in [1.165, 1.54) is 16.3 Å². The van der Waals surface area contributed by atoms with Crippen molar-refractivity contribution in [3.8, 4) is 0 Å². The van der Waals surface area contributed by atoms with Gasteiger partial charge in [0.25, 0.3) is 5.91 Å². The van der Waals surface area contributed by atoms with E-state index in [0.29, 0.717) is 23.7 Å². The molecule has 0 saturated carbocycles. The van der Waals surface area contributed by atoms with Crippen molar-refractivity contribution < 1.29 is 4.79 Å². The van der Waals surface area contributed by atoms with Gasteiger partial charge in [-0.05, 0) is 55.8 Å². The zero-order chi connectivity index (χ0) is 19.0. The highest BCUT2D eigenvalue weighted by molar-refractivity contribution is 6.30. The number of fused-ring (bicyclic) bond motifs is 3. The first-order valence-corrected chi connectivity index (χ1v) is 9.31. The first-order valence-electron chi connectivity index (χ1n) is 8.93. The summed E-state index contributed by atoms with van der Waals surface area (Å²) in [5, 5.41) is 5.98. The third-order valence-electron chi connectivity index (χ3n) is 4.77. The van der Waals surface area contributed by atoms with Crippen LogP contribution in [0.4, 0.5) is 0 Å². The van der Waals surface area contributed by atoms with Crippen molar-refractivity contribution in [3.05, 3.63) is 76.4 Å². The molecule has 2 aromatic carbocycles. The van der Waals surface area contributed by atoms with Gasteiger partial charge in [-0.25, -0.2) is 4.98 Å². The SMILES string of the molecule is Cc1cc(C)c2c3ccccc3n(CCNC(=O)c3ccc(Cl)cc3)c2n1. The van der Waals surface area contributed by atoms with Gasteiger partial charge < -0.3 is 9.88 Å². The van der Waals surface area contributed by atoms with Crippen LogP contribution >= 0.6 is 11.6 Å². The fourth-order valence-corrected chi connectivity index (χ4v) is 3.72. The number of nitrogens with one attached hydrogen (secondary N) is 1. The molecular weight excluding hydrogens is 358 g/mol. The van der Waals surface area contributed by atoms with Crippen LogP contribution in [-0.2, 0) is 6.54 Å². The number of benzene rings is 2. The summed E-state index contributed by atoms with van der Waals surface area (Å²) in [6, 6.07) is 17.3. The largest absolute Gasteiger partial charge is 0.350 e. The highest BCUT2D eigenvalue weighted by Crippen LogP contribution is 2.30. The monoisotopic (exact) mass is 377 g/mol. The second-order valence-corrected chi connectivity index (χ2v) is 7.15. The summed E-state index contributed by atoms with van der Waals surface area (Å²) in [6.45, 7) is 5.30. The molecule has 0 atom stereocenters. The molecule has 2 heterocycles. The smallest absolute Gasteiger partial charge is 0.251 e. The second-order valence-electron chi connectivity index (χ2n) is 6.71. The maximum absolute atomic E-state index is 12.3. The predicted molar refractivity (Wildman–Crippen MR) is 110 cm³/mol. The first-order chi connectivity index (χ1) is 13.0. The van der Waals surface area contributed by atoms with E-state index in [0.717, 1.165) is 16.9 Å². The van der Waals surface area contributed by atoms with Crippen molar-refractivity contribution >= 4 is 39.4 Å². The van der Waals surface area contributed by atoms with Gasteiger partial charge in [-0.2, -0.15) is 0 Å². The molecular formula is C22H20ClN3O. The lowest BCUT2D eigenvalue weighted by atomic mass is 10.1. The Kier molecular flexibility index (Phi) is 4.58. The topological polar surface area (TPSA) is 46.9 Å². The molecule has 4 rings (SSSR count). The quantitative estimate of drug-likeness (QED) is 0.550. The normalized spacial score (nSPS) is 11.2. The summed E-state index contributed by atoms with van der Waals surface area (Å²) in [6.07, 6.45) is 0. The van der Waals surface area contributed by atoms with Crippen LogP contribution in [0.15, 0.2) is 54.6 Å². The number of amides is 1. The van der Waals surface area contributed by atoms with E-state index in [1.807, 2.05) is 19.1 Å². The summed E-state index contributed by atoms with van der Waals surface area (Å²) >= 11 is 5.88. The minimum Gasteiger partial charge on any atom is -0.350 e. The van der Waals surface area contributed by atoms with Crippen LogP contribution in [0.2, 0.25) is 5.02 Å². The van der Waals surface area contributed by atoms with Crippen LogP contribution < -0.4 is 5.32 Å². The van der Waals surface area contributed by atoms with E-state index in [1.54, 1.807) is 24.3 Å². The second kappa shape index (κ2) is 7.05. The molecule has 136 valence electrons. The number of halogens is 1. The molecule has 0 spiro atoms. The predicted octanol–water partition coefficient (Wildman–Crippen LogP) is 4.89. The van der Waals surface area contributed by atoms with Gasteiger partial charge in [0.15, 0.2) is 0 Å². The lowest BCUT2D eigenvalue weighted by molar-refractivity contribution is 0.0952. The molecule has 4 aromatic rings. The van der Waals surface area contributed by atoms with Crippen LogP contribution in [0.1, 0.15) is 21.6 Å². The fourth-order valence-electron chi connectivity index (χ4n) is 3.59. The number of nitrogens with zero attached hydrogens (tertiary/aromatic N) is 2. The Morgan fingerprint density at radius 1 is 1.11 bits per heavy atom. The maximum Gasteiger partial charge on any atom is 0.251 e. The number of aromatic nitrogens is 2. The Balaban J connectivity index is 1.63. The zero-order valence-electron chi connectivity index (χ0n) is 15.3. The van der Waals surface area contributed by atoms with E-state index in [-0.39, 0.29) is 5.91 Å². The van der Waals surface area contributed by atoms with Crippen molar-refractivity contribution in [1.82, 2.24) is 14.9 Å². The molecule has 1 amide bonds. The Bertz CT molecular complexity index is 1150. The van der Waals surface area contributed by atoms with Gasteiger partial charge in [0.2, 0.25) is 0 Å². The highest BCUT2D eigenvalue weighted by Gasteiger charge is 2.14. The summed E-state index contributed by atoms with van der Waals surface area (Å²) in [7, 11) is 0. The summed E-state index contributed by atoms with van der Waals surface area (Å²) in [4.78, 5) is 17.1. The molecule has 0 unspecified atom stereocenters. The molecule has 27 heavy (non-hydrogen) atoms. The van der Waals surface area contributed by atoms with Gasteiger partial charge in [0.05, 0.1) is 5.52 Å². The van der Waals surface area contributed by atoms with E-state index < -0.39 is 0 Å². The highest BCUT2D eigenvalue weighted by atomic mass is 35.5. The zero-order valence-corrected chi connectivity index (χ0v) is 16.0. The standard InChI is InChI=1S/C22H20ClN3O/c1-14-13-15(2)25-21-20(14)18-5-3-4-6-19(18)26(21)12-11-24-22(27)16-7-9-17(23)10-8-16/h3-10,13H,11-12H2,1-2H3,(H,24,27). The minimum absolute atomic E-state index is 0.104. The van der Waals surface area contributed by atoms with Crippen LogP contribution in [0.5, 0.6) is 0 Å². The maximum atomic E-state index is 12.3. The molecule has 0 fully saturated rings. The number of hydrogen-bond donors (Lipinski definition) is 1. The van der Waals surface area contributed by atoms with E-state index in [4.69, 9.17) is 16.6 Å². The van der Waals surface area contributed by atoms with Gasteiger partial charge in [-0.15, -0.1) is 0 Å². The minimum atomic E-state index is -0.104. The molecule has 0 aliphatic heterocycles. The summed E-state index contributed by atoms with van der Waals surface area (Å²) in [5.41, 5.74) is 4.92. The number of hydrogen-bond acceptors (Lipinski definition) is 2. The van der Waals surface area contributed by atoms with E-state index in [9.17, 15) is 4.79 Å². The molecule has 1 N–H and O–H groups in total. The van der Waals surface area contributed by atoms with E-state index in [2.05, 4.69) is 35.0 Å². The molecule has 4 nitrogen and oxygen atoms in total. The van der Waals surface area contributed by atoms with E-state index >= 15 is 0 Å². The molecule has 0 bridgehead atoms. The van der Waals surface area contributed by atoms with Crippen LogP contribution in [0.25, 0.3) is 21.9 Å². The van der Waals surface area contributed by atoms with Gasteiger partial charge in [0.1, 0.15) is 5.65 Å². The van der Waals surface area contributed by atoms with Crippen LogP contribution in [0, 0.1) is 13.8 Å². The summed E-state index contributed by atoms with van der Waals surface area (Å²) in [5.74, 6) is -0.104. The Morgan fingerprint density at radius 3 is 2.63 bits per heavy atom. The molecule has 2 aromatic heterocycles. The average Bonchev–Trinajstić information content (AvgIpc) is 2.96. The molecule has 0 aliphatic carbocycles. The van der Waals surface area contributed by atoms with Crippen LogP contribution in [0.3, 0.4) is 0 Å². The lowest BCUT2D eigenvalue weighted by Crippen LogP contribution is -2.27. The van der Waals surface area contributed by atoms with Gasteiger partial charge in [0, 0.05) is 40.1 Å².